The van der Waals surface area contributed by atoms with E-state index in [0.29, 0.717) is 22.2 Å². The second-order valence-electron chi connectivity index (χ2n) is 5.58. The lowest BCUT2D eigenvalue weighted by molar-refractivity contribution is 0.0954. The van der Waals surface area contributed by atoms with E-state index in [2.05, 4.69) is 10.3 Å². The molecule has 3 aromatic rings. The first-order chi connectivity index (χ1) is 12.1. The van der Waals surface area contributed by atoms with Crippen molar-refractivity contribution >= 4 is 29.1 Å². The third-order valence-electron chi connectivity index (χ3n) is 3.80. The first-order valence-electron chi connectivity index (χ1n) is 7.86. The summed E-state index contributed by atoms with van der Waals surface area (Å²) in [5.74, 6) is -0.148. The first-order valence-corrected chi connectivity index (χ1v) is 8.61. The van der Waals surface area contributed by atoms with E-state index in [1.165, 1.54) is 5.56 Å². The van der Waals surface area contributed by atoms with Crippen LogP contribution in [0.4, 0.5) is 0 Å². The molecule has 0 saturated carbocycles. The molecule has 1 amide bonds. The predicted octanol–water partition coefficient (Wildman–Crippen LogP) is 5.03. The van der Waals surface area contributed by atoms with Gasteiger partial charge in [-0.3, -0.25) is 9.78 Å². The van der Waals surface area contributed by atoms with E-state index in [-0.39, 0.29) is 5.91 Å². The van der Waals surface area contributed by atoms with Gasteiger partial charge in [-0.2, -0.15) is 0 Å². The Kier molecular flexibility index (Phi) is 5.69. The minimum atomic E-state index is -0.148. The summed E-state index contributed by atoms with van der Waals surface area (Å²) in [6, 6.07) is 17.2. The van der Waals surface area contributed by atoms with Crippen molar-refractivity contribution in [2.75, 3.05) is 6.54 Å². The number of nitrogens with zero attached hydrogens (tertiary/aromatic N) is 1. The number of hydrogen-bond donors (Lipinski definition) is 1. The lowest BCUT2D eigenvalue weighted by Crippen LogP contribution is -2.25. The summed E-state index contributed by atoms with van der Waals surface area (Å²) in [7, 11) is 0. The lowest BCUT2D eigenvalue weighted by atomic mass is 10.1. The Morgan fingerprint density at radius 3 is 2.48 bits per heavy atom. The molecule has 126 valence electrons. The standard InChI is InChI=1S/C20H16Cl2N2O/c21-18-7-6-15(11-19(18)22)16-10-17(13-23-12-16)20(25)24-9-8-14-4-2-1-3-5-14/h1-7,10-13H,8-9H2,(H,24,25). The average molecular weight is 371 g/mol. The van der Waals surface area contributed by atoms with Crippen LogP contribution in [0.5, 0.6) is 0 Å². The van der Waals surface area contributed by atoms with Gasteiger partial charge in [-0.05, 0) is 35.7 Å². The third-order valence-corrected chi connectivity index (χ3v) is 4.53. The smallest absolute Gasteiger partial charge is 0.252 e. The fourth-order valence-electron chi connectivity index (χ4n) is 2.46. The fourth-order valence-corrected chi connectivity index (χ4v) is 2.76. The molecule has 0 aliphatic carbocycles. The Morgan fingerprint density at radius 2 is 1.72 bits per heavy atom. The second-order valence-corrected chi connectivity index (χ2v) is 6.40. The molecule has 0 aliphatic rings. The van der Waals surface area contributed by atoms with Gasteiger partial charge in [0.2, 0.25) is 0 Å². The highest BCUT2D eigenvalue weighted by molar-refractivity contribution is 6.42. The maximum absolute atomic E-state index is 12.3. The van der Waals surface area contributed by atoms with Crippen molar-refractivity contribution in [3.05, 3.63) is 88.2 Å². The van der Waals surface area contributed by atoms with Crippen molar-refractivity contribution in [1.82, 2.24) is 10.3 Å². The van der Waals surface area contributed by atoms with E-state index in [1.807, 2.05) is 36.4 Å². The normalized spacial score (nSPS) is 10.5. The van der Waals surface area contributed by atoms with Crippen LogP contribution in [0.25, 0.3) is 11.1 Å². The zero-order valence-electron chi connectivity index (χ0n) is 13.4. The predicted molar refractivity (Wildman–Crippen MR) is 102 cm³/mol. The summed E-state index contributed by atoms with van der Waals surface area (Å²) in [5.41, 5.74) is 3.37. The second kappa shape index (κ2) is 8.15. The molecule has 0 unspecified atom stereocenters. The zero-order chi connectivity index (χ0) is 17.6. The minimum Gasteiger partial charge on any atom is -0.352 e. The molecule has 0 spiro atoms. The highest BCUT2D eigenvalue weighted by Crippen LogP contribution is 2.28. The summed E-state index contributed by atoms with van der Waals surface area (Å²) in [4.78, 5) is 16.5. The van der Waals surface area contributed by atoms with E-state index in [1.54, 1.807) is 30.6 Å². The van der Waals surface area contributed by atoms with Crippen molar-refractivity contribution in [1.29, 1.82) is 0 Å². The summed E-state index contributed by atoms with van der Waals surface area (Å²) in [5, 5.41) is 3.88. The molecule has 3 nitrogen and oxygen atoms in total. The van der Waals surface area contributed by atoms with Gasteiger partial charge in [-0.15, -0.1) is 0 Å². The first kappa shape index (κ1) is 17.5. The van der Waals surface area contributed by atoms with Crippen LogP contribution in [0.15, 0.2) is 67.0 Å². The Bertz CT molecular complexity index is 882. The molecule has 0 bridgehead atoms. The Balaban J connectivity index is 1.68. The van der Waals surface area contributed by atoms with Crippen LogP contribution in [0.1, 0.15) is 15.9 Å². The van der Waals surface area contributed by atoms with Gasteiger partial charge in [0.05, 0.1) is 15.6 Å². The van der Waals surface area contributed by atoms with Crippen molar-refractivity contribution in [2.24, 2.45) is 0 Å². The number of aromatic nitrogens is 1. The number of halogens is 2. The summed E-state index contributed by atoms with van der Waals surface area (Å²) in [6.07, 6.45) is 4.03. The van der Waals surface area contributed by atoms with E-state index in [0.717, 1.165) is 17.5 Å². The van der Waals surface area contributed by atoms with Gasteiger partial charge in [0.1, 0.15) is 0 Å². The lowest BCUT2D eigenvalue weighted by Gasteiger charge is -2.08. The van der Waals surface area contributed by atoms with E-state index in [9.17, 15) is 4.79 Å². The summed E-state index contributed by atoms with van der Waals surface area (Å²) < 4.78 is 0. The van der Waals surface area contributed by atoms with Crippen LogP contribution >= 0.6 is 23.2 Å². The minimum absolute atomic E-state index is 0.148. The molecule has 2 aromatic carbocycles. The number of carbonyl (C=O) groups excluding carboxylic acids is 1. The number of nitrogens with one attached hydrogen (secondary N) is 1. The molecule has 3 rings (SSSR count). The van der Waals surface area contributed by atoms with E-state index >= 15 is 0 Å². The van der Waals surface area contributed by atoms with E-state index < -0.39 is 0 Å². The van der Waals surface area contributed by atoms with Crippen molar-refractivity contribution in [3.63, 3.8) is 0 Å². The van der Waals surface area contributed by atoms with Gasteiger partial charge in [-0.25, -0.2) is 0 Å². The molecule has 0 radical (unpaired) electrons. The van der Waals surface area contributed by atoms with Crippen molar-refractivity contribution < 1.29 is 4.79 Å². The quantitative estimate of drug-likeness (QED) is 0.684. The maximum Gasteiger partial charge on any atom is 0.252 e. The molecular formula is C20H16Cl2N2O. The molecule has 0 aliphatic heterocycles. The number of rotatable bonds is 5. The van der Waals surface area contributed by atoms with Gasteiger partial charge in [0.25, 0.3) is 5.91 Å². The third kappa shape index (κ3) is 4.59. The molecule has 1 N–H and O–H groups in total. The van der Waals surface area contributed by atoms with Gasteiger partial charge < -0.3 is 5.32 Å². The molecule has 1 aromatic heterocycles. The molecule has 5 heteroatoms. The topological polar surface area (TPSA) is 42.0 Å². The zero-order valence-corrected chi connectivity index (χ0v) is 14.9. The molecular weight excluding hydrogens is 355 g/mol. The maximum atomic E-state index is 12.3. The highest BCUT2D eigenvalue weighted by Gasteiger charge is 2.09. The van der Waals surface area contributed by atoms with Gasteiger partial charge in [0, 0.05) is 24.5 Å². The van der Waals surface area contributed by atoms with Gasteiger partial charge in [0.15, 0.2) is 0 Å². The SMILES string of the molecule is O=C(NCCc1ccccc1)c1cncc(-c2ccc(Cl)c(Cl)c2)c1. The van der Waals surface area contributed by atoms with Gasteiger partial charge in [-0.1, -0.05) is 59.6 Å². The molecule has 0 saturated heterocycles. The van der Waals surface area contributed by atoms with Crippen LogP contribution in [-0.4, -0.2) is 17.4 Å². The Hall–Kier alpha value is -2.36. The van der Waals surface area contributed by atoms with Crippen LogP contribution in [0.2, 0.25) is 10.0 Å². The largest absolute Gasteiger partial charge is 0.352 e. The van der Waals surface area contributed by atoms with E-state index in [4.69, 9.17) is 23.2 Å². The van der Waals surface area contributed by atoms with Crippen LogP contribution < -0.4 is 5.32 Å². The van der Waals surface area contributed by atoms with Crippen LogP contribution in [0, 0.1) is 0 Å². The number of benzene rings is 2. The highest BCUT2D eigenvalue weighted by atomic mass is 35.5. The molecule has 0 fully saturated rings. The van der Waals surface area contributed by atoms with Crippen molar-refractivity contribution in [2.45, 2.75) is 6.42 Å². The van der Waals surface area contributed by atoms with Gasteiger partial charge >= 0.3 is 0 Å². The van der Waals surface area contributed by atoms with Crippen LogP contribution in [-0.2, 0) is 6.42 Å². The Labute approximate surface area is 156 Å². The molecule has 0 atom stereocenters. The summed E-state index contributed by atoms with van der Waals surface area (Å²) in [6.45, 7) is 0.569. The van der Waals surface area contributed by atoms with Crippen LogP contribution in [0.3, 0.4) is 0 Å². The van der Waals surface area contributed by atoms with Crippen molar-refractivity contribution in [3.8, 4) is 11.1 Å². The number of pyridine rings is 1. The number of hydrogen-bond acceptors (Lipinski definition) is 2. The molecule has 1 heterocycles. The fraction of sp³-hybridized carbons (Fsp3) is 0.100. The number of carbonyl (C=O) groups is 1. The Morgan fingerprint density at radius 1 is 0.920 bits per heavy atom. The monoisotopic (exact) mass is 370 g/mol. The molecule has 25 heavy (non-hydrogen) atoms. The average Bonchev–Trinajstić information content (AvgIpc) is 2.65. The number of amides is 1. The summed E-state index contributed by atoms with van der Waals surface area (Å²) >= 11 is 12.0.